The lowest BCUT2D eigenvalue weighted by Crippen LogP contribution is -2.37. The molecule has 0 atom stereocenters. The van der Waals surface area contributed by atoms with Gasteiger partial charge in [0.2, 0.25) is 0 Å². The summed E-state index contributed by atoms with van der Waals surface area (Å²) in [6, 6.07) is 1.70. The highest BCUT2D eigenvalue weighted by molar-refractivity contribution is 5.80. The number of hydrogen-bond acceptors (Lipinski definition) is 5. The van der Waals surface area contributed by atoms with Gasteiger partial charge < -0.3 is 15.8 Å². The molecule has 0 aliphatic carbocycles. The van der Waals surface area contributed by atoms with E-state index in [4.69, 9.17) is 10.5 Å². The second-order valence-electron chi connectivity index (χ2n) is 4.18. The number of ether oxygens (including phenoxy) is 1. The normalized spacial score (nSPS) is 10.5. The number of nitrogens with zero attached hydrogens (tertiary/aromatic N) is 2. The van der Waals surface area contributed by atoms with E-state index in [0.717, 1.165) is 12.8 Å². The maximum Gasteiger partial charge on any atom is 0.328 e. The van der Waals surface area contributed by atoms with Gasteiger partial charge in [0.1, 0.15) is 12.4 Å². The van der Waals surface area contributed by atoms with Crippen molar-refractivity contribution in [1.29, 1.82) is 0 Å². The molecule has 0 aliphatic heterocycles. The van der Waals surface area contributed by atoms with Crippen LogP contribution in [0.25, 0.3) is 0 Å². The predicted molar refractivity (Wildman–Crippen MR) is 70.1 cm³/mol. The molecule has 1 aromatic rings. The third kappa shape index (κ3) is 5.41. The largest absolute Gasteiger partial charge is 0.454 e. The van der Waals surface area contributed by atoms with Crippen LogP contribution < -0.4 is 11.1 Å². The maximum atomic E-state index is 11.5. The molecule has 0 bridgehead atoms. The molecule has 0 saturated heterocycles. The third-order valence-corrected chi connectivity index (χ3v) is 2.67. The number of aromatic nitrogens is 2. The van der Waals surface area contributed by atoms with Gasteiger partial charge in [-0.05, 0) is 18.9 Å². The molecule has 0 unspecified atom stereocenters. The average molecular weight is 268 g/mol. The Morgan fingerprint density at radius 3 is 2.68 bits per heavy atom. The van der Waals surface area contributed by atoms with Crippen LogP contribution in [-0.2, 0) is 20.9 Å². The molecule has 0 fully saturated rings. The molecule has 0 aromatic carbocycles. The van der Waals surface area contributed by atoms with Gasteiger partial charge in [-0.3, -0.25) is 14.3 Å². The molecule has 0 saturated carbocycles. The van der Waals surface area contributed by atoms with E-state index >= 15 is 0 Å². The lowest BCUT2D eigenvalue weighted by molar-refractivity contribution is -0.149. The van der Waals surface area contributed by atoms with E-state index in [0.29, 0.717) is 5.82 Å². The highest BCUT2D eigenvalue weighted by atomic mass is 16.5. The topological polar surface area (TPSA) is 99.2 Å². The molecule has 106 valence electrons. The van der Waals surface area contributed by atoms with Crippen LogP contribution in [0.2, 0.25) is 0 Å². The Bertz CT molecular complexity index is 426. The number of amides is 1. The van der Waals surface area contributed by atoms with Crippen molar-refractivity contribution in [2.75, 3.05) is 12.3 Å². The first kappa shape index (κ1) is 15.0. The Morgan fingerprint density at radius 1 is 1.47 bits per heavy atom. The molecule has 19 heavy (non-hydrogen) atoms. The monoisotopic (exact) mass is 268 g/mol. The third-order valence-electron chi connectivity index (χ3n) is 2.67. The average Bonchev–Trinajstić information content (AvgIpc) is 2.79. The summed E-state index contributed by atoms with van der Waals surface area (Å²) in [7, 11) is 0. The Hall–Kier alpha value is -2.05. The molecule has 0 spiro atoms. The summed E-state index contributed by atoms with van der Waals surface area (Å²) < 4.78 is 6.21. The quantitative estimate of drug-likeness (QED) is 0.693. The number of carbonyl (C=O) groups excluding carboxylic acids is 2. The summed E-state index contributed by atoms with van der Waals surface area (Å²) in [5.74, 6) is -0.482. The number of nitrogen functional groups attached to an aromatic ring is 1. The fourth-order valence-electron chi connectivity index (χ4n) is 1.55. The zero-order valence-corrected chi connectivity index (χ0v) is 11.3. The van der Waals surface area contributed by atoms with Crippen LogP contribution in [0.1, 0.15) is 26.7 Å². The van der Waals surface area contributed by atoms with E-state index in [1.165, 1.54) is 4.68 Å². The summed E-state index contributed by atoms with van der Waals surface area (Å²) in [5.41, 5.74) is 5.41. The number of anilines is 1. The van der Waals surface area contributed by atoms with Crippen LogP contribution >= 0.6 is 0 Å². The molecule has 0 aliphatic rings. The molecule has 1 heterocycles. The smallest absolute Gasteiger partial charge is 0.328 e. The molecule has 1 aromatic heterocycles. The zero-order chi connectivity index (χ0) is 14.3. The number of rotatable bonds is 7. The van der Waals surface area contributed by atoms with Crippen molar-refractivity contribution >= 4 is 17.7 Å². The second kappa shape index (κ2) is 7.40. The first-order valence-corrected chi connectivity index (χ1v) is 6.29. The fourth-order valence-corrected chi connectivity index (χ4v) is 1.55. The van der Waals surface area contributed by atoms with Crippen molar-refractivity contribution in [3.8, 4) is 0 Å². The number of hydrogen-bond donors (Lipinski definition) is 2. The van der Waals surface area contributed by atoms with Gasteiger partial charge in [0.15, 0.2) is 6.61 Å². The number of esters is 1. The van der Waals surface area contributed by atoms with Gasteiger partial charge in [-0.2, -0.15) is 5.10 Å². The van der Waals surface area contributed by atoms with E-state index in [1.54, 1.807) is 12.3 Å². The molecular formula is C12H20N4O3. The first-order chi connectivity index (χ1) is 9.05. The van der Waals surface area contributed by atoms with Crippen LogP contribution in [0, 0.1) is 0 Å². The fraction of sp³-hybridized carbons (Fsp3) is 0.583. The predicted octanol–water partition coefficient (Wildman–Crippen LogP) is 0.313. The lowest BCUT2D eigenvalue weighted by Gasteiger charge is -2.14. The Kier molecular flexibility index (Phi) is 5.84. The molecule has 1 rings (SSSR count). The molecule has 7 heteroatoms. The highest BCUT2D eigenvalue weighted by Gasteiger charge is 2.11. The van der Waals surface area contributed by atoms with Crippen LogP contribution in [0.15, 0.2) is 12.3 Å². The van der Waals surface area contributed by atoms with Crippen molar-refractivity contribution in [1.82, 2.24) is 15.1 Å². The summed E-state index contributed by atoms with van der Waals surface area (Å²) in [6.45, 7) is 3.65. The number of carbonyl (C=O) groups is 2. The van der Waals surface area contributed by atoms with Gasteiger partial charge in [0.25, 0.3) is 5.91 Å². The SMILES string of the molecule is CCC(CC)NC(=O)COC(=O)Cn1ccc(N)n1. The van der Waals surface area contributed by atoms with Gasteiger partial charge in [-0.1, -0.05) is 13.8 Å². The van der Waals surface area contributed by atoms with Gasteiger partial charge in [-0.15, -0.1) is 0 Å². The number of nitrogens with two attached hydrogens (primary N) is 1. The Morgan fingerprint density at radius 2 is 2.16 bits per heavy atom. The minimum Gasteiger partial charge on any atom is -0.454 e. The zero-order valence-electron chi connectivity index (χ0n) is 11.3. The summed E-state index contributed by atoms with van der Waals surface area (Å²) in [4.78, 5) is 22.9. The van der Waals surface area contributed by atoms with Crippen LogP contribution in [0.4, 0.5) is 5.82 Å². The van der Waals surface area contributed by atoms with Gasteiger partial charge in [0.05, 0.1) is 0 Å². The van der Waals surface area contributed by atoms with Crippen molar-refractivity contribution in [3.63, 3.8) is 0 Å². The van der Waals surface area contributed by atoms with Crippen molar-refractivity contribution in [2.45, 2.75) is 39.3 Å². The molecule has 1 amide bonds. The van der Waals surface area contributed by atoms with Crippen molar-refractivity contribution in [3.05, 3.63) is 12.3 Å². The van der Waals surface area contributed by atoms with Gasteiger partial charge in [-0.25, -0.2) is 0 Å². The molecular weight excluding hydrogens is 248 g/mol. The number of nitrogens with one attached hydrogen (secondary N) is 1. The molecule has 7 nitrogen and oxygen atoms in total. The summed E-state index contributed by atoms with van der Waals surface area (Å²) in [6.07, 6.45) is 3.27. The Labute approximate surface area is 112 Å². The highest BCUT2D eigenvalue weighted by Crippen LogP contribution is 1.97. The van der Waals surface area contributed by atoms with Crippen LogP contribution in [0.3, 0.4) is 0 Å². The minimum absolute atomic E-state index is 0.0601. The van der Waals surface area contributed by atoms with Crippen molar-refractivity contribution < 1.29 is 14.3 Å². The van der Waals surface area contributed by atoms with E-state index in [-0.39, 0.29) is 25.1 Å². The van der Waals surface area contributed by atoms with Crippen molar-refractivity contribution in [2.24, 2.45) is 0 Å². The van der Waals surface area contributed by atoms with Crippen LogP contribution in [0.5, 0.6) is 0 Å². The standard InChI is InChI=1S/C12H20N4O3/c1-3-9(4-2)14-11(17)8-19-12(18)7-16-6-5-10(13)15-16/h5-6,9H,3-4,7-8H2,1-2H3,(H2,13,15)(H,14,17). The second-order valence-corrected chi connectivity index (χ2v) is 4.18. The van der Waals surface area contributed by atoms with E-state index in [1.807, 2.05) is 13.8 Å². The first-order valence-electron chi connectivity index (χ1n) is 6.29. The Balaban J connectivity index is 2.28. The maximum absolute atomic E-state index is 11.5. The van der Waals surface area contributed by atoms with E-state index in [9.17, 15) is 9.59 Å². The minimum atomic E-state index is -0.525. The van der Waals surface area contributed by atoms with Gasteiger partial charge >= 0.3 is 5.97 Å². The van der Waals surface area contributed by atoms with E-state index in [2.05, 4.69) is 10.4 Å². The molecule has 0 radical (unpaired) electrons. The summed E-state index contributed by atoms with van der Waals surface area (Å²) in [5, 5.41) is 6.63. The lowest BCUT2D eigenvalue weighted by atomic mass is 10.2. The summed E-state index contributed by atoms with van der Waals surface area (Å²) >= 11 is 0. The molecule has 3 N–H and O–H groups in total. The van der Waals surface area contributed by atoms with E-state index < -0.39 is 5.97 Å². The van der Waals surface area contributed by atoms with Gasteiger partial charge in [0, 0.05) is 12.2 Å². The van der Waals surface area contributed by atoms with Crippen LogP contribution in [-0.4, -0.2) is 34.3 Å².